The van der Waals surface area contributed by atoms with Crippen molar-refractivity contribution < 1.29 is 0 Å². The van der Waals surface area contributed by atoms with E-state index in [2.05, 4.69) is 24.0 Å². The van der Waals surface area contributed by atoms with E-state index in [4.69, 9.17) is 0 Å². The van der Waals surface area contributed by atoms with Gasteiger partial charge in [0.15, 0.2) is 0 Å². The largest absolute Gasteiger partial charge is 0.192 e. The molecule has 0 N–H and O–H groups in total. The second kappa shape index (κ2) is 8.55. The number of nitrogens with zero attached hydrogens (tertiary/aromatic N) is 2. The van der Waals surface area contributed by atoms with Gasteiger partial charge in [0.25, 0.3) is 0 Å². The fourth-order valence-electron chi connectivity index (χ4n) is 3.62. The Hall–Kier alpha value is -4.02. The number of rotatable bonds is 2. The Morgan fingerprint density at radius 2 is 1.10 bits per heavy atom. The van der Waals surface area contributed by atoms with E-state index in [0.29, 0.717) is 16.2 Å². The summed E-state index contributed by atoms with van der Waals surface area (Å²) in [6, 6.07) is 34.3. The number of allylic oxidation sites excluding steroid dienone is 4. The monoisotopic (exact) mass is 400 g/mol. The molecular weight excluding hydrogens is 383 g/mol. The molecule has 0 saturated heterocycles. The van der Waals surface area contributed by atoms with Crippen molar-refractivity contribution >= 4 is 22.8 Å². The van der Waals surface area contributed by atoms with Crippen LogP contribution in [0.5, 0.6) is 0 Å². The van der Waals surface area contributed by atoms with Crippen molar-refractivity contribution in [1.29, 1.82) is 10.5 Å². The lowest BCUT2D eigenvalue weighted by Crippen LogP contribution is -2.24. The molecule has 0 spiro atoms. The van der Waals surface area contributed by atoms with Gasteiger partial charge < -0.3 is 0 Å². The lowest BCUT2D eigenvalue weighted by molar-refractivity contribution is 1.51. The van der Waals surface area contributed by atoms with Crippen LogP contribution in [0, 0.1) is 34.5 Å². The van der Waals surface area contributed by atoms with Gasteiger partial charge in [-0.05, 0) is 34.9 Å². The molecule has 3 heteroatoms. The first kappa shape index (κ1) is 19.3. The van der Waals surface area contributed by atoms with Gasteiger partial charge >= 0.3 is 0 Å². The molecule has 0 unspecified atom stereocenters. The minimum absolute atomic E-state index is 0.594. The third kappa shape index (κ3) is 3.41. The first-order valence-electron chi connectivity index (χ1n) is 9.48. The summed E-state index contributed by atoms with van der Waals surface area (Å²) < 4.78 is 0. The average molecular weight is 400 g/mol. The van der Waals surface area contributed by atoms with Gasteiger partial charge in [-0.15, -0.1) is 0 Å². The Labute approximate surface area is 177 Å². The highest BCUT2D eigenvalue weighted by Gasteiger charge is 2.33. The van der Waals surface area contributed by atoms with Crippen LogP contribution in [0.1, 0.15) is 5.56 Å². The lowest BCUT2D eigenvalue weighted by atomic mass is 10.1. The molecule has 1 aliphatic heterocycles. The van der Waals surface area contributed by atoms with Gasteiger partial charge in [0.05, 0.1) is 10.6 Å². The topological polar surface area (TPSA) is 47.6 Å². The van der Waals surface area contributed by atoms with Crippen molar-refractivity contribution in [1.82, 2.24) is 0 Å². The van der Waals surface area contributed by atoms with Crippen LogP contribution in [0.2, 0.25) is 0 Å². The highest BCUT2D eigenvalue weighted by molar-refractivity contribution is 7.93. The van der Waals surface area contributed by atoms with Crippen LogP contribution >= 0.6 is 6.89 Å². The fourth-order valence-corrected chi connectivity index (χ4v) is 7.50. The molecule has 0 fully saturated rings. The maximum Gasteiger partial charge on any atom is 0.100 e. The molecule has 1 aliphatic rings. The highest BCUT2D eigenvalue weighted by Crippen LogP contribution is 2.56. The van der Waals surface area contributed by atoms with E-state index < -0.39 is 6.89 Å². The molecule has 2 nitrogen and oxygen atoms in total. The van der Waals surface area contributed by atoms with Gasteiger partial charge in [-0.1, -0.05) is 90.7 Å². The molecule has 0 aliphatic carbocycles. The van der Waals surface area contributed by atoms with Crippen molar-refractivity contribution in [2.24, 2.45) is 0 Å². The summed E-state index contributed by atoms with van der Waals surface area (Å²) in [6.45, 7) is -2.54. The summed E-state index contributed by atoms with van der Waals surface area (Å²) in [5, 5.41) is 23.5. The number of nitriles is 2. The molecule has 1 heterocycles. The first-order valence-corrected chi connectivity index (χ1v) is 11.3. The molecule has 140 valence electrons. The van der Waals surface area contributed by atoms with E-state index in [1.807, 2.05) is 103 Å². The molecule has 0 bridgehead atoms. The van der Waals surface area contributed by atoms with Crippen molar-refractivity contribution in [3.05, 3.63) is 120 Å². The molecule has 0 amide bonds. The maximum absolute atomic E-state index is 10.2. The molecule has 3 aromatic rings. The van der Waals surface area contributed by atoms with Gasteiger partial charge in [0, 0.05) is 18.0 Å². The van der Waals surface area contributed by atoms with Crippen molar-refractivity contribution in [2.75, 3.05) is 0 Å². The van der Waals surface area contributed by atoms with Crippen LogP contribution < -0.4 is 10.6 Å². The van der Waals surface area contributed by atoms with E-state index >= 15 is 0 Å². The second-order valence-corrected chi connectivity index (χ2v) is 10.0. The maximum atomic E-state index is 10.2. The fraction of sp³-hybridized carbons (Fsp3) is 0. The van der Waals surface area contributed by atoms with Gasteiger partial charge in [-0.3, -0.25) is 0 Å². The molecule has 0 saturated carbocycles. The van der Waals surface area contributed by atoms with Gasteiger partial charge in [0.1, 0.15) is 12.1 Å². The summed E-state index contributed by atoms with van der Waals surface area (Å²) in [4.78, 5) is 0. The lowest BCUT2D eigenvalue weighted by Gasteiger charge is -2.30. The summed E-state index contributed by atoms with van der Waals surface area (Å²) in [5.41, 5.74) is 1.57. The second-order valence-electron chi connectivity index (χ2n) is 6.70. The van der Waals surface area contributed by atoms with E-state index in [9.17, 15) is 10.5 Å². The minimum atomic E-state index is -2.54. The summed E-state index contributed by atoms with van der Waals surface area (Å²) >= 11 is 0. The predicted molar refractivity (Wildman–Crippen MR) is 125 cm³/mol. The highest BCUT2D eigenvalue weighted by atomic mass is 31.2. The van der Waals surface area contributed by atoms with E-state index in [-0.39, 0.29) is 0 Å². The van der Waals surface area contributed by atoms with Crippen LogP contribution in [0.15, 0.2) is 114 Å². The van der Waals surface area contributed by atoms with Crippen molar-refractivity contribution in [2.45, 2.75) is 0 Å². The van der Waals surface area contributed by atoms with Gasteiger partial charge in [0.2, 0.25) is 0 Å². The zero-order valence-corrected chi connectivity index (χ0v) is 17.1. The van der Waals surface area contributed by atoms with Crippen LogP contribution in [0.4, 0.5) is 0 Å². The van der Waals surface area contributed by atoms with Crippen LogP contribution in [-0.4, -0.2) is 5.29 Å². The van der Waals surface area contributed by atoms with E-state index in [1.54, 1.807) is 0 Å². The Morgan fingerprint density at radius 1 is 0.567 bits per heavy atom. The Bertz CT molecular complexity index is 1300. The summed E-state index contributed by atoms with van der Waals surface area (Å²) in [7, 11) is 0. The summed E-state index contributed by atoms with van der Waals surface area (Å²) in [5.74, 6) is 6.26. The molecule has 0 radical (unpaired) electrons. The SMILES string of the molecule is N#CC1=CC(C#Cc2ccccc2)=CC(C#N)=P1(c1ccccc1)c1ccccc1. The van der Waals surface area contributed by atoms with E-state index in [1.165, 1.54) is 0 Å². The molecule has 30 heavy (non-hydrogen) atoms. The predicted octanol–water partition coefficient (Wildman–Crippen LogP) is 4.75. The van der Waals surface area contributed by atoms with Crippen LogP contribution in [0.25, 0.3) is 0 Å². The van der Waals surface area contributed by atoms with Crippen LogP contribution in [-0.2, 0) is 0 Å². The van der Waals surface area contributed by atoms with Crippen molar-refractivity contribution in [3.8, 4) is 24.0 Å². The summed E-state index contributed by atoms with van der Waals surface area (Å²) in [6.07, 6.45) is 3.70. The number of hydrogen-bond acceptors (Lipinski definition) is 2. The molecule has 4 rings (SSSR count). The Balaban J connectivity index is 2.03. The third-order valence-electron chi connectivity index (χ3n) is 4.95. The smallest absolute Gasteiger partial charge is 0.100 e. The molecule has 0 aromatic heterocycles. The quantitative estimate of drug-likeness (QED) is 0.460. The zero-order chi connectivity index (χ0) is 20.8. The van der Waals surface area contributed by atoms with Crippen molar-refractivity contribution in [3.63, 3.8) is 0 Å². The molecule has 0 atom stereocenters. The Kier molecular flexibility index (Phi) is 5.50. The minimum Gasteiger partial charge on any atom is -0.192 e. The number of hydrogen-bond donors (Lipinski definition) is 0. The Morgan fingerprint density at radius 3 is 1.60 bits per heavy atom. The standard InChI is InChI=1S/C27H17N2P/c28-20-26-18-23(17-16-22-10-4-1-5-11-22)19-27(21-29)30(26,24-12-6-2-7-13-24)25-14-8-3-9-15-25/h1-15,18-19H. The van der Waals surface area contributed by atoms with E-state index in [0.717, 1.165) is 16.2 Å². The first-order chi connectivity index (χ1) is 14.8. The normalized spacial score (nSPS) is 14.3. The number of benzene rings is 3. The van der Waals surface area contributed by atoms with Gasteiger partial charge in [-0.2, -0.15) is 10.5 Å². The van der Waals surface area contributed by atoms with Crippen LogP contribution in [0.3, 0.4) is 0 Å². The molecular formula is C27H17N2P. The molecule has 3 aromatic carbocycles. The zero-order valence-electron chi connectivity index (χ0n) is 16.2. The third-order valence-corrected chi connectivity index (χ3v) is 9.00. The average Bonchev–Trinajstić information content (AvgIpc) is 2.83. The van der Waals surface area contributed by atoms with Gasteiger partial charge in [-0.25, -0.2) is 0 Å².